The van der Waals surface area contributed by atoms with Crippen molar-refractivity contribution in [3.8, 4) is 22.8 Å². The number of aromatic amines is 1. The van der Waals surface area contributed by atoms with Gasteiger partial charge in [0, 0.05) is 16.8 Å². The van der Waals surface area contributed by atoms with Crippen molar-refractivity contribution >= 4 is 33.5 Å². The first kappa shape index (κ1) is 17.4. The van der Waals surface area contributed by atoms with Crippen LogP contribution in [0, 0.1) is 0 Å². The quantitative estimate of drug-likeness (QED) is 0.455. The van der Waals surface area contributed by atoms with Crippen LogP contribution < -0.4 is 16.0 Å². The molecule has 5 rings (SSSR count). The van der Waals surface area contributed by atoms with E-state index in [2.05, 4.69) is 9.97 Å². The molecule has 3 aromatic rings. The van der Waals surface area contributed by atoms with Gasteiger partial charge in [-0.15, -0.1) is 0 Å². The molecule has 1 N–H and O–H groups in total. The summed E-state index contributed by atoms with van der Waals surface area (Å²) in [5.74, 6) is 0.861. The molecule has 2 aromatic carbocycles. The Hall–Kier alpha value is -3.71. The van der Waals surface area contributed by atoms with Crippen molar-refractivity contribution in [2.45, 2.75) is 0 Å². The summed E-state index contributed by atoms with van der Waals surface area (Å²) in [5, 5.41) is 2.03. The number of H-pyrrole nitrogens is 1. The maximum Gasteiger partial charge on any atom is 0.349 e. The first-order valence-electron chi connectivity index (χ1n) is 8.74. The first-order valence-corrected chi connectivity index (χ1v) is 9.12. The second kappa shape index (κ2) is 6.42. The van der Waals surface area contributed by atoms with Crippen molar-refractivity contribution in [2.75, 3.05) is 7.11 Å². The topological polar surface area (TPSA) is 89.9 Å². The van der Waals surface area contributed by atoms with Gasteiger partial charge < -0.3 is 4.74 Å². The van der Waals surface area contributed by atoms with E-state index in [1.54, 1.807) is 35.9 Å². The number of methoxy groups -OCH3 is 1. The minimum absolute atomic E-state index is 0.189. The minimum Gasteiger partial charge on any atom is -0.497 e. The Morgan fingerprint density at radius 2 is 1.83 bits per heavy atom. The van der Waals surface area contributed by atoms with Crippen molar-refractivity contribution in [3.63, 3.8) is 0 Å². The molecule has 29 heavy (non-hydrogen) atoms. The number of hydrogen-bond donors (Lipinski definition) is 1. The van der Waals surface area contributed by atoms with Crippen molar-refractivity contribution < 1.29 is 4.74 Å². The number of nitrogens with zero attached hydrogens (tertiary/aromatic N) is 3. The molecule has 1 aromatic heterocycles. The van der Waals surface area contributed by atoms with Gasteiger partial charge in [0.2, 0.25) is 0 Å². The van der Waals surface area contributed by atoms with Crippen LogP contribution in [0.25, 0.3) is 39.0 Å². The summed E-state index contributed by atoms with van der Waals surface area (Å²) in [6, 6.07) is 16.3. The van der Waals surface area contributed by atoms with Crippen LogP contribution in [0.3, 0.4) is 0 Å². The average Bonchev–Trinajstić information content (AvgIpc) is 2.71. The third-order valence-corrected chi connectivity index (χ3v) is 5.08. The predicted molar refractivity (Wildman–Crippen MR) is 111 cm³/mol. The number of nitrogens with one attached hydrogen (secondary N) is 1. The standard InChI is InChI=1S/C21H13ClN4O3/c1-29-13-7-6-11-8-12-9-14-19(24-21(28)25-20(14)27)26(18(12)23-16(11)10-13)17-5-3-2-4-15(17)22/h2-10H,1H3,(H,25,27,28). The van der Waals surface area contributed by atoms with Gasteiger partial charge in [0.25, 0.3) is 5.56 Å². The number of hydrogen-bond acceptors (Lipinski definition) is 5. The second-order valence-corrected chi connectivity index (χ2v) is 6.91. The van der Waals surface area contributed by atoms with E-state index >= 15 is 0 Å². The van der Waals surface area contributed by atoms with E-state index in [4.69, 9.17) is 21.3 Å². The summed E-state index contributed by atoms with van der Waals surface area (Å²) in [7, 11) is 1.59. The monoisotopic (exact) mass is 404 g/mol. The highest BCUT2D eigenvalue weighted by Crippen LogP contribution is 2.32. The van der Waals surface area contributed by atoms with Crippen LogP contribution in [0.1, 0.15) is 0 Å². The second-order valence-electron chi connectivity index (χ2n) is 6.50. The Labute approximate surface area is 168 Å². The summed E-state index contributed by atoms with van der Waals surface area (Å²) in [6.45, 7) is 0. The number of rotatable bonds is 2. The molecule has 0 saturated heterocycles. The van der Waals surface area contributed by atoms with Gasteiger partial charge in [0.15, 0.2) is 5.82 Å². The Morgan fingerprint density at radius 3 is 2.62 bits per heavy atom. The molecule has 2 aliphatic rings. The number of pyridine rings is 2. The largest absolute Gasteiger partial charge is 0.497 e. The minimum atomic E-state index is -0.731. The van der Waals surface area contributed by atoms with E-state index in [1.807, 2.05) is 30.3 Å². The summed E-state index contributed by atoms with van der Waals surface area (Å²) in [5.41, 5.74) is 0.805. The van der Waals surface area contributed by atoms with Gasteiger partial charge in [-0.3, -0.25) is 14.3 Å². The molecule has 2 aliphatic heterocycles. The van der Waals surface area contributed by atoms with E-state index in [0.717, 1.165) is 5.39 Å². The van der Waals surface area contributed by atoms with E-state index in [1.165, 1.54) is 0 Å². The van der Waals surface area contributed by atoms with Crippen molar-refractivity contribution in [1.82, 2.24) is 19.5 Å². The van der Waals surface area contributed by atoms with Gasteiger partial charge in [0.1, 0.15) is 11.4 Å². The van der Waals surface area contributed by atoms with E-state index in [-0.39, 0.29) is 11.4 Å². The Morgan fingerprint density at radius 1 is 1.00 bits per heavy atom. The van der Waals surface area contributed by atoms with Crippen LogP contribution in [0.2, 0.25) is 5.02 Å². The zero-order chi connectivity index (χ0) is 20.1. The number of benzene rings is 2. The molecular formula is C21H13ClN4O3. The Balaban J connectivity index is 2.03. The molecule has 0 spiro atoms. The number of aromatic nitrogens is 4. The highest BCUT2D eigenvalue weighted by atomic mass is 35.5. The average molecular weight is 405 g/mol. The van der Waals surface area contributed by atoms with E-state index < -0.39 is 11.2 Å². The lowest BCUT2D eigenvalue weighted by atomic mass is 10.1. The Bertz CT molecular complexity index is 1510. The molecule has 0 fully saturated rings. The van der Waals surface area contributed by atoms with Gasteiger partial charge in [0.05, 0.1) is 28.9 Å². The lowest BCUT2D eigenvalue weighted by molar-refractivity contribution is 0.415. The van der Waals surface area contributed by atoms with Crippen LogP contribution in [0.5, 0.6) is 5.75 Å². The van der Waals surface area contributed by atoms with Crippen LogP contribution in [0.4, 0.5) is 0 Å². The van der Waals surface area contributed by atoms with Crippen LogP contribution in [0.15, 0.2) is 64.2 Å². The highest BCUT2D eigenvalue weighted by molar-refractivity contribution is 6.32. The van der Waals surface area contributed by atoms with Gasteiger partial charge in [-0.1, -0.05) is 23.7 Å². The maximum atomic E-state index is 12.5. The summed E-state index contributed by atoms with van der Waals surface area (Å²) < 4.78 is 6.94. The molecule has 3 heterocycles. The zero-order valence-electron chi connectivity index (χ0n) is 15.1. The summed E-state index contributed by atoms with van der Waals surface area (Å²) >= 11 is 6.44. The fourth-order valence-corrected chi connectivity index (χ4v) is 3.65. The third kappa shape index (κ3) is 2.75. The van der Waals surface area contributed by atoms with Gasteiger partial charge in [-0.05, 0) is 36.4 Å². The van der Waals surface area contributed by atoms with E-state index in [0.29, 0.717) is 33.0 Å². The molecule has 0 bridgehead atoms. The zero-order valence-corrected chi connectivity index (χ0v) is 15.9. The van der Waals surface area contributed by atoms with Gasteiger partial charge in [-0.2, -0.15) is 4.98 Å². The molecule has 7 nitrogen and oxygen atoms in total. The molecule has 0 radical (unpaired) electrons. The number of para-hydroxylation sites is 1. The number of fused-ring (bicyclic) bond motifs is 3. The van der Waals surface area contributed by atoms with E-state index in [9.17, 15) is 9.59 Å². The smallest absolute Gasteiger partial charge is 0.349 e. The fraction of sp³-hybridized carbons (Fsp3) is 0.0476. The predicted octanol–water partition coefficient (Wildman–Crippen LogP) is 3.39. The maximum absolute atomic E-state index is 12.5. The molecular weight excluding hydrogens is 392 g/mol. The summed E-state index contributed by atoms with van der Waals surface area (Å²) in [4.78, 5) is 35.5. The molecule has 0 saturated carbocycles. The van der Waals surface area contributed by atoms with Crippen LogP contribution >= 0.6 is 11.6 Å². The van der Waals surface area contributed by atoms with Crippen LogP contribution in [-0.4, -0.2) is 26.6 Å². The normalized spacial score (nSPS) is 11.4. The first-order chi connectivity index (χ1) is 14.0. The molecule has 8 heteroatoms. The van der Waals surface area contributed by atoms with Crippen molar-refractivity contribution in [2.24, 2.45) is 0 Å². The highest BCUT2D eigenvalue weighted by Gasteiger charge is 2.20. The molecule has 0 aliphatic carbocycles. The van der Waals surface area contributed by atoms with Crippen LogP contribution in [-0.2, 0) is 0 Å². The number of halogens is 1. The third-order valence-electron chi connectivity index (χ3n) is 4.76. The number of ether oxygens (including phenoxy) is 1. The molecule has 0 amide bonds. The molecule has 0 unspecified atom stereocenters. The van der Waals surface area contributed by atoms with Gasteiger partial charge in [-0.25, -0.2) is 9.78 Å². The summed E-state index contributed by atoms with van der Waals surface area (Å²) in [6.07, 6.45) is 0. The van der Waals surface area contributed by atoms with Crippen molar-refractivity contribution in [1.29, 1.82) is 0 Å². The Kier molecular flexibility index (Phi) is 3.85. The van der Waals surface area contributed by atoms with Crippen molar-refractivity contribution in [3.05, 3.63) is 80.5 Å². The lowest BCUT2D eigenvalue weighted by Gasteiger charge is -2.18. The lowest BCUT2D eigenvalue weighted by Crippen LogP contribution is -2.27. The fourth-order valence-electron chi connectivity index (χ4n) is 3.43. The van der Waals surface area contributed by atoms with Gasteiger partial charge >= 0.3 is 5.69 Å². The SMILES string of the molecule is COc1ccc2cc3cc4c(=O)[nH]c(=O)nc-4n(-c4ccccc4Cl)c3nc2c1. The molecule has 0 atom stereocenters. The molecule has 142 valence electrons.